The standard InChI is InChI=1S/C14H26N2O5/c1-14(2,9-13(19)20)8-12(18)16(3)10-11(17)15-6-5-7-21-4/h5-10H2,1-4H3,(H,15,17)(H,19,20). The van der Waals surface area contributed by atoms with Gasteiger partial charge in [0.15, 0.2) is 0 Å². The number of carbonyl (C=O) groups is 3. The number of hydrogen-bond donors (Lipinski definition) is 2. The predicted octanol–water partition coefficient (Wildman–Crippen LogP) is 0.489. The number of methoxy groups -OCH3 is 1. The van der Waals surface area contributed by atoms with E-state index < -0.39 is 11.4 Å². The summed E-state index contributed by atoms with van der Waals surface area (Å²) in [4.78, 5) is 35.6. The molecule has 0 saturated heterocycles. The fraction of sp³-hybridized carbons (Fsp3) is 0.786. The SMILES string of the molecule is COCCCNC(=O)CN(C)C(=O)CC(C)(C)CC(=O)O. The van der Waals surface area contributed by atoms with E-state index in [9.17, 15) is 14.4 Å². The molecule has 0 aromatic carbocycles. The van der Waals surface area contributed by atoms with Crippen LogP contribution in [0.5, 0.6) is 0 Å². The van der Waals surface area contributed by atoms with Gasteiger partial charge in [0, 0.05) is 33.7 Å². The lowest BCUT2D eigenvalue weighted by Crippen LogP contribution is -2.40. The maximum atomic E-state index is 12.0. The quantitative estimate of drug-likeness (QED) is 0.573. The minimum atomic E-state index is -0.939. The molecule has 7 nitrogen and oxygen atoms in total. The van der Waals surface area contributed by atoms with Crippen molar-refractivity contribution in [3.8, 4) is 0 Å². The van der Waals surface area contributed by atoms with Crippen molar-refractivity contribution in [1.29, 1.82) is 0 Å². The summed E-state index contributed by atoms with van der Waals surface area (Å²) in [6, 6.07) is 0. The van der Waals surface area contributed by atoms with Gasteiger partial charge < -0.3 is 20.1 Å². The zero-order valence-electron chi connectivity index (χ0n) is 13.3. The molecule has 122 valence electrons. The molecule has 0 aromatic heterocycles. The number of likely N-dealkylation sites (N-methyl/N-ethyl adjacent to an activating group) is 1. The Balaban J connectivity index is 4.14. The van der Waals surface area contributed by atoms with E-state index >= 15 is 0 Å². The molecule has 0 aliphatic heterocycles. The summed E-state index contributed by atoms with van der Waals surface area (Å²) in [5, 5.41) is 11.5. The van der Waals surface area contributed by atoms with Crippen LogP contribution in [0, 0.1) is 5.41 Å². The monoisotopic (exact) mass is 302 g/mol. The molecule has 0 unspecified atom stereocenters. The fourth-order valence-corrected chi connectivity index (χ4v) is 1.82. The Hall–Kier alpha value is -1.63. The molecule has 0 rings (SSSR count). The van der Waals surface area contributed by atoms with Crippen molar-refractivity contribution < 1.29 is 24.2 Å². The third kappa shape index (κ3) is 9.84. The minimum absolute atomic E-state index is 0.0328. The van der Waals surface area contributed by atoms with Crippen LogP contribution in [0.1, 0.15) is 33.1 Å². The summed E-state index contributed by atoms with van der Waals surface area (Å²) in [6.45, 7) is 4.47. The lowest BCUT2D eigenvalue weighted by molar-refractivity contribution is -0.141. The van der Waals surface area contributed by atoms with Gasteiger partial charge in [-0.25, -0.2) is 0 Å². The molecule has 0 fully saturated rings. The Morgan fingerprint density at radius 3 is 2.38 bits per heavy atom. The molecule has 0 aliphatic rings. The average Bonchev–Trinajstić information content (AvgIpc) is 2.32. The second kappa shape index (κ2) is 9.33. The molecule has 2 N–H and O–H groups in total. The Morgan fingerprint density at radius 1 is 1.24 bits per heavy atom. The number of nitrogens with one attached hydrogen (secondary N) is 1. The Bertz CT molecular complexity index is 368. The molecule has 0 heterocycles. The van der Waals surface area contributed by atoms with Crippen molar-refractivity contribution in [1.82, 2.24) is 10.2 Å². The lowest BCUT2D eigenvalue weighted by atomic mass is 9.85. The van der Waals surface area contributed by atoms with Crippen LogP contribution in [-0.4, -0.2) is 61.6 Å². The number of amides is 2. The molecule has 0 saturated carbocycles. The van der Waals surface area contributed by atoms with Crippen molar-refractivity contribution >= 4 is 17.8 Å². The number of nitrogens with zero attached hydrogens (tertiary/aromatic N) is 1. The van der Waals surface area contributed by atoms with Crippen LogP contribution < -0.4 is 5.32 Å². The van der Waals surface area contributed by atoms with Crippen LogP contribution in [0.15, 0.2) is 0 Å². The van der Waals surface area contributed by atoms with Gasteiger partial charge >= 0.3 is 5.97 Å². The summed E-state index contributed by atoms with van der Waals surface area (Å²) in [5.41, 5.74) is -0.633. The van der Waals surface area contributed by atoms with Gasteiger partial charge in [-0.1, -0.05) is 13.8 Å². The van der Waals surface area contributed by atoms with Crippen LogP contribution >= 0.6 is 0 Å². The lowest BCUT2D eigenvalue weighted by Gasteiger charge is -2.25. The summed E-state index contributed by atoms with van der Waals surface area (Å²) in [7, 11) is 3.13. The highest BCUT2D eigenvalue weighted by atomic mass is 16.5. The van der Waals surface area contributed by atoms with E-state index in [1.54, 1.807) is 21.0 Å². The first-order valence-corrected chi connectivity index (χ1v) is 6.89. The van der Waals surface area contributed by atoms with E-state index in [-0.39, 0.29) is 31.2 Å². The average molecular weight is 302 g/mol. The number of carbonyl (C=O) groups excluding carboxylic acids is 2. The molecule has 0 bridgehead atoms. The highest BCUT2D eigenvalue weighted by molar-refractivity contribution is 5.85. The minimum Gasteiger partial charge on any atom is -0.481 e. The molecular weight excluding hydrogens is 276 g/mol. The Morgan fingerprint density at radius 2 is 1.86 bits per heavy atom. The van der Waals surface area contributed by atoms with Gasteiger partial charge in [-0.15, -0.1) is 0 Å². The highest BCUT2D eigenvalue weighted by Gasteiger charge is 2.27. The van der Waals surface area contributed by atoms with Crippen molar-refractivity contribution in [3.05, 3.63) is 0 Å². The molecule has 7 heteroatoms. The van der Waals surface area contributed by atoms with Crippen molar-refractivity contribution in [3.63, 3.8) is 0 Å². The first-order valence-electron chi connectivity index (χ1n) is 6.89. The topological polar surface area (TPSA) is 95.9 Å². The Kier molecular flexibility index (Phi) is 8.61. The molecule has 0 radical (unpaired) electrons. The maximum Gasteiger partial charge on any atom is 0.303 e. The third-order valence-corrected chi connectivity index (χ3v) is 2.91. The number of ether oxygens (including phenoxy) is 1. The number of hydrogen-bond acceptors (Lipinski definition) is 4. The first kappa shape index (κ1) is 19.4. The molecule has 0 atom stereocenters. The van der Waals surface area contributed by atoms with Crippen LogP contribution in [0.3, 0.4) is 0 Å². The number of carboxylic acids is 1. The van der Waals surface area contributed by atoms with Gasteiger partial charge in [-0.2, -0.15) is 0 Å². The van der Waals surface area contributed by atoms with E-state index in [1.807, 2.05) is 0 Å². The normalized spacial score (nSPS) is 11.0. The molecule has 0 aliphatic carbocycles. The zero-order valence-corrected chi connectivity index (χ0v) is 13.3. The molecule has 0 spiro atoms. The third-order valence-electron chi connectivity index (χ3n) is 2.91. The summed E-state index contributed by atoms with van der Waals surface area (Å²) < 4.78 is 4.87. The number of aliphatic carboxylic acids is 1. The first-order chi connectivity index (χ1) is 9.68. The van der Waals surface area contributed by atoms with Crippen molar-refractivity contribution in [2.45, 2.75) is 33.1 Å². The summed E-state index contributed by atoms with van der Waals surface area (Å²) in [5.74, 6) is -1.42. The van der Waals surface area contributed by atoms with Gasteiger partial charge in [-0.05, 0) is 11.8 Å². The number of carboxylic acid groups (broad SMARTS) is 1. The van der Waals surface area contributed by atoms with Crippen LogP contribution in [-0.2, 0) is 19.1 Å². The van der Waals surface area contributed by atoms with Crippen LogP contribution in [0.2, 0.25) is 0 Å². The smallest absolute Gasteiger partial charge is 0.303 e. The molecule has 0 aromatic rings. The summed E-state index contributed by atoms with van der Waals surface area (Å²) >= 11 is 0. The largest absolute Gasteiger partial charge is 0.481 e. The van der Waals surface area contributed by atoms with E-state index in [1.165, 1.54) is 11.9 Å². The van der Waals surface area contributed by atoms with Crippen LogP contribution in [0.4, 0.5) is 0 Å². The zero-order chi connectivity index (χ0) is 16.5. The van der Waals surface area contributed by atoms with Crippen molar-refractivity contribution in [2.24, 2.45) is 5.41 Å². The second-order valence-electron chi connectivity index (χ2n) is 5.86. The van der Waals surface area contributed by atoms with E-state index in [2.05, 4.69) is 5.32 Å². The molecular formula is C14H26N2O5. The van der Waals surface area contributed by atoms with Crippen molar-refractivity contribution in [2.75, 3.05) is 33.9 Å². The van der Waals surface area contributed by atoms with Gasteiger partial charge in [0.25, 0.3) is 0 Å². The van der Waals surface area contributed by atoms with Gasteiger partial charge in [-0.3, -0.25) is 14.4 Å². The van der Waals surface area contributed by atoms with Gasteiger partial charge in [0.1, 0.15) is 0 Å². The fourth-order valence-electron chi connectivity index (χ4n) is 1.82. The highest BCUT2D eigenvalue weighted by Crippen LogP contribution is 2.25. The van der Waals surface area contributed by atoms with Gasteiger partial charge in [0.2, 0.25) is 11.8 Å². The molecule has 2 amide bonds. The van der Waals surface area contributed by atoms with Crippen LogP contribution in [0.25, 0.3) is 0 Å². The molecule has 21 heavy (non-hydrogen) atoms. The number of rotatable bonds is 10. The van der Waals surface area contributed by atoms with E-state index in [0.717, 1.165) is 0 Å². The second-order valence-corrected chi connectivity index (χ2v) is 5.86. The van der Waals surface area contributed by atoms with E-state index in [4.69, 9.17) is 9.84 Å². The predicted molar refractivity (Wildman–Crippen MR) is 77.8 cm³/mol. The summed E-state index contributed by atoms with van der Waals surface area (Å²) in [6.07, 6.45) is 0.716. The van der Waals surface area contributed by atoms with E-state index in [0.29, 0.717) is 19.6 Å². The maximum absolute atomic E-state index is 12.0. The van der Waals surface area contributed by atoms with Gasteiger partial charge in [0.05, 0.1) is 13.0 Å². The Labute approximate surface area is 125 Å².